The highest BCUT2D eigenvalue weighted by molar-refractivity contribution is 7.10. The van der Waals surface area contributed by atoms with Crippen molar-refractivity contribution in [2.75, 3.05) is 0 Å². The third-order valence-corrected chi connectivity index (χ3v) is 5.46. The Morgan fingerprint density at radius 2 is 2.16 bits per heavy atom. The molecule has 0 radical (unpaired) electrons. The molecule has 0 bridgehead atoms. The highest BCUT2D eigenvalue weighted by Crippen LogP contribution is 2.51. The van der Waals surface area contributed by atoms with E-state index in [0.717, 1.165) is 5.69 Å². The second-order valence-corrected chi connectivity index (χ2v) is 6.57. The van der Waals surface area contributed by atoms with Crippen LogP contribution >= 0.6 is 11.3 Å². The first kappa shape index (κ1) is 11.6. The van der Waals surface area contributed by atoms with Crippen LogP contribution in [0.25, 0.3) is 11.3 Å². The van der Waals surface area contributed by atoms with E-state index >= 15 is 0 Å². The van der Waals surface area contributed by atoms with Crippen molar-refractivity contribution in [3.05, 3.63) is 28.8 Å². The molecule has 2 aromatic rings. The van der Waals surface area contributed by atoms with Crippen LogP contribution in [0.3, 0.4) is 0 Å². The molecule has 19 heavy (non-hydrogen) atoms. The molecule has 4 rings (SSSR count). The molecule has 1 aliphatic heterocycles. The largest absolute Gasteiger partial charge is 0.393 e. The number of hydrogen-bond acceptors (Lipinski definition) is 4. The van der Waals surface area contributed by atoms with Gasteiger partial charge in [-0.2, -0.15) is 0 Å². The molecule has 4 nitrogen and oxygen atoms in total. The molecule has 3 heterocycles. The zero-order valence-corrected chi connectivity index (χ0v) is 11.3. The predicted octanol–water partition coefficient (Wildman–Crippen LogP) is 2.18. The minimum atomic E-state index is -0.759. The third kappa shape index (κ3) is 1.55. The molecule has 0 amide bonds. The molecular weight excluding hydrogens is 260 g/mol. The SMILES string of the molecule is OC1CCC(O)([C@H]2c3sccc3-c3cncn32)CC1. The fourth-order valence-corrected chi connectivity index (χ4v) is 4.58. The number of rotatable bonds is 1. The monoisotopic (exact) mass is 276 g/mol. The predicted molar refractivity (Wildman–Crippen MR) is 73.1 cm³/mol. The molecule has 1 atom stereocenters. The number of aliphatic hydroxyl groups excluding tert-OH is 1. The summed E-state index contributed by atoms with van der Waals surface area (Å²) in [5, 5.41) is 22.8. The van der Waals surface area contributed by atoms with Gasteiger partial charge in [0, 0.05) is 10.4 Å². The molecular formula is C14H16N2O2S. The highest BCUT2D eigenvalue weighted by atomic mass is 32.1. The van der Waals surface area contributed by atoms with Gasteiger partial charge < -0.3 is 14.8 Å². The van der Waals surface area contributed by atoms with E-state index in [-0.39, 0.29) is 12.1 Å². The van der Waals surface area contributed by atoms with E-state index in [1.165, 1.54) is 10.4 Å². The van der Waals surface area contributed by atoms with E-state index in [2.05, 4.69) is 21.0 Å². The van der Waals surface area contributed by atoms with E-state index in [0.29, 0.717) is 25.7 Å². The molecule has 5 heteroatoms. The maximum Gasteiger partial charge on any atom is 0.0986 e. The summed E-state index contributed by atoms with van der Waals surface area (Å²) in [7, 11) is 0. The first-order chi connectivity index (χ1) is 9.19. The van der Waals surface area contributed by atoms with E-state index in [1.54, 1.807) is 11.3 Å². The van der Waals surface area contributed by atoms with Crippen molar-refractivity contribution in [3.63, 3.8) is 0 Å². The summed E-state index contributed by atoms with van der Waals surface area (Å²) >= 11 is 1.70. The Kier molecular flexibility index (Phi) is 2.40. The number of aliphatic hydroxyl groups is 2. The first-order valence-electron chi connectivity index (χ1n) is 6.69. The van der Waals surface area contributed by atoms with Crippen LogP contribution in [0.15, 0.2) is 24.0 Å². The minimum Gasteiger partial charge on any atom is -0.393 e. The van der Waals surface area contributed by atoms with Crippen molar-refractivity contribution in [1.82, 2.24) is 9.55 Å². The standard InChI is InChI=1S/C14H16N2O2S/c17-9-1-4-14(18,5-2-9)13-12-10(3-6-19-12)11-7-15-8-16(11)13/h3,6-9,13,17-18H,1-2,4-5H2/t9?,13-,14?/m1/s1. The van der Waals surface area contributed by atoms with Gasteiger partial charge in [-0.25, -0.2) is 4.98 Å². The van der Waals surface area contributed by atoms with E-state index in [1.807, 2.05) is 12.5 Å². The number of imidazole rings is 1. The topological polar surface area (TPSA) is 58.3 Å². The van der Waals surface area contributed by atoms with Gasteiger partial charge in [-0.1, -0.05) is 0 Å². The van der Waals surface area contributed by atoms with E-state index in [9.17, 15) is 10.2 Å². The summed E-state index contributed by atoms with van der Waals surface area (Å²) in [6.07, 6.45) is 6.08. The molecule has 1 aliphatic carbocycles. The van der Waals surface area contributed by atoms with Crippen LogP contribution in [0, 0.1) is 0 Å². The van der Waals surface area contributed by atoms with Gasteiger partial charge >= 0.3 is 0 Å². The quantitative estimate of drug-likeness (QED) is 0.839. The fraction of sp³-hybridized carbons (Fsp3) is 0.500. The Morgan fingerprint density at radius 1 is 1.37 bits per heavy atom. The lowest BCUT2D eigenvalue weighted by molar-refractivity contribution is -0.0556. The summed E-state index contributed by atoms with van der Waals surface area (Å²) in [5.41, 5.74) is 1.54. The van der Waals surface area contributed by atoms with Crippen LogP contribution in [-0.2, 0) is 0 Å². The lowest BCUT2D eigenvalue weighted by Gasteiger charge is -2.39. The Balaban J connectivity index is 1.80. The maximum atomic E-state index is 11.1. The zero-order chi connectivity index (χ0) is 13.0. The molecule has 2 N–H and O–H groups in total. The van der Waals surface area contributed by atoms with Gasteiger partial charge in [0.25, 0.3) is 0 Å². The summed E-state index contributed by atoms with van der Waals surface area (Å²) in [6.45, 7) is 0. The number of aromatic nitrogens is 2. The number of nitrogens with zero attached hydrogens (tertiary/aromatic N) is 2. The lowest BCUT2D eigenvalue weighted by atomic mass is 9.78. The number of fused-ring (bicyclic) bond motifs is 3. The third-order valence-electron chi connectivity index (χ3n) is 4.49. The Bertz CT molecular complexity index is 570. The van der Waals surface area contributed by atoms with Crippen molar-refractivity contribution in [2.45, 2.75) is 43.4 Å². The van der Waals surface area contributed by atoms with Crippen molar-refractivity contribution < 1.29 is 10.2 Å². The summed E-state index contributed by atoms with van der Waals surface area (Å²) in [4.78, 5) is 5.45. The molecule has 1 saturated carbocycles. The molecule has 2 aromatic heterocycles. The normalized spacial score (nSPS) is 33.2. The summed E-state index contributed by atoms with van der Waals surface area (Å²) < 4.78 is 2.10. The van der Waals surface area contributed by atoms with Crippen LogP contribution < -0.4 is 0 Å². The zero-order valence-electron chi connectivity index (χ0n) is 10.5. The van der Waals surface area contributed by atoms with Crippen LogP contribution in [0.2, 0.25) is 0 Å². The smallest absolute Gasteiger partial charge is 0.0986 e. The minimum absolute atomic E-state index is 0.0347. The maximum absolute atomic E-state index is 11.1. The molecule has 100 valence electrons. The molecule has 0 unspecified atom stereocenters. The Labute approximate surface area is 115 Å². The summed E-state index contributed by atoms with van der Waals surface area (Å²) in [6, 6.07) is 2.07. The van der Waals surface area contributed by atoms with Gasteiger partial charge in [-0.05, 0) is 37.1 Å². The Hall–Kier alpha value is -1.17. The van der Waals surface area contributed by atoms with Crippen LogP contribution in [0.5, 0.6) is 0 Å². The van der Waals surface area contributed by atoms with Gasteiger partial charge in [0.05, 0.1) is 36.0 Å². The van der Waals surface area contributed by atoms with Gasteiger partial charge in [0.1, 0.15) is 0 Å². The molecule has 0 aromatic carbocycles. The van der Waals surface area contributed by atoms with Crippen molar-refractivity contribution in [2.24, 2.45) is 0 Å². The lowest BCUT2D eigenvalue weighted by Crippen LogP contribution is -2.43. The van der Waals surface area contributed by atoms with Crippen LogP contribution in [-0.4, -0.2) is 31.5 Å². The van der Waals surface area contributed by atoms with Gasteiger partial charge in [0.15, 0.2) is 0 Å². The first-order valence-corrected chi connectivity index (χ1v) is 7.57. The molecule has 0 saturated heterocycles. The molecule has 1 fully saturated rings. The summed E-state index contributed by atoms with van der Waals surface area (Å²) in [5.74, 6) is 0. The van der Waals surface area contributed by atoms with Gasteiger partial charge in [-0.3, -0.25) is 0 Å². The second-order valence-electron chi connectivity index (χ2n) is 5.62. The van der Waals surface area contributed by atoms with Gasteiger partial charge in [-0.15, -0.1) is 11.3 Å². The Morgan fingerprint density at radius 3 is 2.95 bits per heavy atom. The molecule has 0 spiro atoms. The average Bonchev–Trinajstić information content (AvgIpc) is 3.04. The van der Waals surface area contributed by atoms with E-state index in [4.69, 9.17) is 0 Å². The van der Waals surface area contributed by atoms with Crippen molar-refractivity contribution in [3.8, 4) is 11.3 Å². The van der Waals surface area contributed by atoms with Crippen LogP contribution in [0.4, 0.5) is 0 Å². The van der Waals surface area contributed by atoms with Crippen molar-refractivity contribution >= 4 is 11.3 Å². The molecule has 2 aliphatic rings. The number of hydrogen-bond donors (Lipinski definition) is 2. The highest BCUT2D eigenvalue weighted by Gasteiger charge is 2.46. The van der Waals surface area contributed by atoms with E-state index < -0.39 is 5.60 Å². The number of thiophene rings is 1. The second kappa shape index (κ2) is 3.91. The average molecular weight is 276 g/mol. The van der Waals surface area contributed by atoms with Crippen LogP contribution in [0.1, 0.15) is 36.6 Å². The fourth-order valence-electron chi connectivity index (χ4n) is 3.47. The van der Waals surface area contributed by atoms with Gasteiger partial charge in [0.2, 0.25) is 0 Å². The van der Waals surface area contributed by atoms with Crippen molar-refractivity contribution in [1.29, 1.82) is 0 Å².